The molecule has 0 saturated heterocycles. The van der Waals surface area contributed by atoms with Gasteiger partial charge in [-0.3, -0.25) is 5.41 Å². The van der Waals surface area contributed by atoms with E-state index in [-0.39, 0.29) is 5.84 Å². The van der Waals surface area contributed by atoms with Crippen LogP contribution in [0.3, 0.4) is 0 Å². The lowest BCUT2D eigenvalue weighted by atomic mass is 10.1. The lowest BCUT2D eigenvalue weighted by Gasteiger charge is -2.29. The summed E-state index contributed by atoms with van der Waals surface area (Å²) < 4.78 is 0.873. The van der Waals surface area contributed by atoms with E-state index < -0.39 is 0 Å². The first-order valence-electron chi connectivity index (χ1n) is 5.84. The summed E-state index contributed by atoms with van der Waals surface area (Å²) in [4.78, 5) is 2.19. The van der Waals surface area contributed by atoms with Gasteiger partial charge in [0, 0.05) is 23.2 Å². The second-order valence-corrected chi connectivity index (χ2v) is 5.15. The van der Waals surface area contributed by atoms with E-state index in [1.165, 1.54) is 0 Å². The van der Waals surface area contributed by atoms with Crippen LogP contribution in [-0.4, -0.2) is 18.9 Å². The number of nitrogens with one attached hydrogen (secondary N) is 1. The Kier molecular flexibility index (Phi) is 5.00. The minimum absolute atomic E-state index is 0.100. The third-order valence-corrected chi connectivity index (χ3v) is 3.67. The van der Waals surface area contributed by atoms with Crippen molar-refractivity contribution in [3.8, 4) is 0 Å². The first kappa shape index (κ1) is 14.0. The summed E-state index contributed by atoms with van der Waals surface area (Å²) in [6.45, 7) is 4.37. The lowest BCUT2D eigenvalue weighted by molar-refractivity contribution is 0.616. The van der Waals surface area contributed by atoms with E-state index in [4.69, 9.17) is 11.1 Å². The van der Waals surface area contributed by atoms with Crippen molar-refractivity contribution in [1.82, 2.24) is 0 Å². The quantitative estimate of drug-likeness (QED) is 0.647. The molecule has 0 radical (unpaired) electrons. The molecule has 1 unspecified atom stereocenters. The van der Waals surface area contributed by atoms with Crippen LogP contribution in [0.4, 0.5) is 5.69 Å². The SMILES string of the molecule is CCCC(C)N(C)c1cccc(Br)c1C(=N)N. The number of rotatable bonds is 5. The Morgan fingerprint density at radius 1 is 1.53 bits per heavy atom. The molecule has 0 heterocycles. The normalized spacial score (nSPS) is 12.2. The fourth-order valence-corrected chi connectivity index (χ4v) is 2.49. The molecule has 3 N–H and O–H groups in total. The molecule has 0 aliphatic heterocycles. The molecule has 1 aromatic rings. The second-order valence-electron chi connectivity index (χ2n) is 4.30. The summed E-state index contributed by atoms with van der Waals surface area (Å²) in [6, 6.07) is 6.33. The van der Waals surface area contributed by atoms with E-state index in [1.807, 2.05) is 18.2 Å². The molecular weight excluding hydrogens is 278 g/mol. The van der Waals surface area contributed by atoms with Crippen LogP contribution < -0.4 is 10.6 Å². The number of hydrogen-bond donors (Lipinski definition) is 2. The first-order valence-corrected chi connectivity index (χ1v) is 6.64. The Labute approximate surface area is 112 Å². The standard InChI is InChI=1S/C13H20BrN3/c1-4-6-9(2)17(3)11-8-5-7-10(14)12(11)13(15)16/h5,7-9H,4,6H2,1-3H3,(H3,15,16). The van der Waals surface area contributed by atoms with Crippen molar-refractivity contribution in [3.05, 3.63) is 28.2 Å². The van der Waals surface area contributed by atoms with Gasteiger partial charge in [0.25, 0.3) is 0 Å². The summed E-state index contributed by atoms with van der Waals surface area (Å²) in [6.07, 6.45) is 2.27. The van der Waals surface area contributed by atoms with Crippen LogP contribution in [0.25, 0.3) is 0 Å². The fraction of sp³-hybridized carbons (Fsp3) is 0.462. The van der Waals surface area contributed by atoms with Gasteiger partial charge in [-0.2, -0.15) is 0 Å². The zero-order valence-corrected chi connectivity index (χ0v) is 12.2. The Bertz CT molecular complexity index is 404. The number of nitrogens with two attached hydrogens (primary N) is 1. The highest BCUT2D eigenvalue weighted by Crippen LogP contribution is 2.28. The number of benzene rings is 1. The Morgan fingerprint density at radius 2 is 2.18 bits per heavy atom. The summed E-state index contributed by atoms with van der Waals surface area (Å²) >= 11 is 3.46. The maximum absolute atomic E-state index is 7.67. The van der Waals surface area contributed by atoms with E-state index in [9.17, 15) is 0 Å². The zero-order valence-electron chi connectivity index (χ0n) is 10.6. The summed E-state index contributed by atoms with van der Waals surface area (Å²) in [5, 5.41) is 7.67. The van der Waals surface area contributed by atoms with Crippen molar-refractivity contribution >= 4 is 27.5 Å². The number of amidine groups is 1. The van der Waals surface area contributed by atoms with Gasteiger partial charge in [0.1, 0.15) is 5.84 Å². The molecule has 1 rings (SSSR count). The molecule has 17 heavy (non-hydrogen) atoms. The third-order valence-electron chi connectivity index (χ3n) is 3.01. The van der Waals surface area contributed by atoms with E-state index in [0.29, 0.717) is 6.04 Å². The maximum atomic E-state index is 7.67. The van der Waals surface area contributed by atoms with Gasteiger partial charge in [0.15, 0.2) is 0 Å². The minimum atomic E-state index is 0.100. The molecule has 94 valence electrons. The summed E-state index contributed by atoms with van der Waals surface area (Å²) in [7, 11) is 2.05. The van der Waals surface area contributed by atoms with Gasteiger partial charge >= 0.3 is 0 Å². The van der Waals surface area contributed by atoms with Crippen LogP contribution >= 0.6 is 15.9 Å². The zero-order chi connectivity index (χ0) is 13.0. The van der Waals surface area contributed by atoms with Crippen LogP contribution in [0.5, 0.6) is 0 Å². The number of hydrogen-bond acceptors (Lipinski definition) is 2. The average Bonchev–Trinajstić information content (AvgIpc) is 2.27. The highest BCUT2D eigenvalue weighted by molar-refractivity contribution is 9.10. The molecular formula is C13H20BrN3. The first-order chi connectivity index (χ1) is 7.99. The Morgan fingerprint density at radius 3 is 2.71 bits per heavy atom. The highest BCUT2D eigenvalue weighted by Gasteiger charge is 2.16. The smallest absolute Gasteiger partial charge is 0.126 e. The molecule has 0 saturated carbocycles. The largest absolute Gasteiger partial charge is 0.384 e. The fourth-order valence-electron chi connectivity index (χ4n) is 1.92. The number of anilines is 1. The van der Waals surface area contributed by atoms with Gasteiger partial charge < -0.3 is 10.6 Å². The topological polar surface area (TPSA) is 53.1 Å². The molecule has 0 amide bonds. The van der Waals surface area contributed by atoms with E-state index in [0.717, 1.165) is 28.6 Å². The van der Waals surface area contributed by atoms with Gasteiger partial charge in [0.05, 0.1) is 5.56 Å². The minimum Gasteiger partial charge on any atom is -0.384 e. The molecule has 4 heteroatoms. The van der Waals surface area contributed by atoms with Gasteiger partial charge in [-0.15, -0.1) is 0 Å². The molecule has 0 bridgehead atoms. The molecule has 1 aromatic carbocycles. The van der Waals surface area contributed by atoms with Crippen molar-refractivity contribution in [2.75, 3.05) is 11.9 Å². The van der Waals surface area contributed by atoms with Crippen molar-refractivity contribution in [2.24, 2.45) is 5.73 Å². The van der Waals surface area contributed by atoms with Gasteiger partial charge in [-0.1, -0.05) is 19.4 Å². The van der Waals surface area contributed by atoms with Crippen LogP contribution in [0.2, 0.25) is 0 Å². The molecule has 1 atom stereocenters. The second kappa shape index (κ2) is 6.05. The molecule has 0 aliphatic rings. The van der Waals surface area contributed by atoms with Gasteiger partial charge in [-0.05, 0) is 41.4 Å². The average molecular weight is 298 g/mol. The monoisotopic (exact) mass is 297 g/mol. The van der Waals surface area contributed by atoms with Crippen LogP contribution in [0.1, 0.15) is 32.3 Å². The Hall–Kier alpha value is -1.03. The van der Waals surface area contributed by atoms with E-state index in [1.54, 1.807) is 0 Å². The van der Waals surface area contributed by atoms with Crippen LogP contribution in [-0.2, 0) is 0 Å². The Balaban J connectivity index is 3.13. The summed E-state index contributed by atoms with van der Waals surface area (Å²) in [5.41, 5.74) is 7.44. The highest BCUT2D eigenvalue weighted by atomic mass is 79.9. The predicted octanol–water partition coefficient (Wildman–Crippen LogP) is 3.36. The molecule has 3 nitrogen and oxygen atoms in total. The molecule has 0 spiro atoms. The third kappa shape index (κ3) is 3.22. The molecule has 0 aromatic heterocycles. The number of nitrogens with zero attached hydrogens (tertiary/aromatic N) is 1. The van der Waals surface area contributed by atoms with Crippen LogP contribution in [0.15, 0.2) is 22.7 Å². The van der Waals surface area contributed by atoms with Crippen molar-refractivity contribution in [1.29, 1.82) is 5.41 Å². The summed E-state index contributed by atoms with van der Waals surface area (Å²) in [5.74, 6) is 0.100. The number of nitrogen functional groups attached to an aromatic ring is 1. The van der Waals surface area contributed by atoms with Crippen molar-refractivity contribution < 1.29 is 0 Å². The van der Waals surface area contributed by atoms with Crippen LogP contribution in [0, 0.1) is 5.41 Å². The van der Waals surface area contributed by atoms with Crippen molar-refractivity contribution in [2.45, 2.75) is 32.7 Å². The molecule has 0 fully saturated rings. The lowest BCUT2D eigenvalue weighted by Crippen LogP contribution is -2.31. The predicted molar refractivity (Wildman–Crippen MR) is 77.9 cm³/mol. The van der Waals surface area contributed by atoms with E-state index in [2.05, 4.69) is 41.7 Å². The van der Waals surface area contributed by atoms with Crippen molar-refractivity contribution in [3.63, 3.8) is 0 Å². The van der Waals surface area contributed by atoms with Gasteiger partial charge in [0.2, 0.25) is 0 Å². The maximum Gasteiger partial charge on any atom is 0.126 e. The number of halogens is 1. The molecule has 0 aliphatic carbocycles. The van der Waals surface area contributed by atoms with E-state index >= 15 is 0 Å². The van der Waals surface area contributed by atoms with Gasteiger partial charge in [-0.25, -0.2) is 0 Å².